The molecule has 0 N–H and O–H groups in total. The van der Waals surface area contributed by atoms with Gasteiger partial charge in [-0.25, -0.2) is 13.2 Å². The monoisotopic (exact) mass is 356 g/mol. The number of aryl methyl sites for hydroxylation is 1. The van der Waals surface area contributed by atoms with Crippen LogP contribution in [0.1, 0.15) is 24.7 Å². The molecule has 2 aliphatic heterocycles. The van der Waals surface area contributed by atoms with Crippen molar-refractivity contribution in [1.82, 2.24) is 19.6 Å². The molecular formula is C15H24N4O4S. The number of hydrogen-bond donors (Lipinski definition) is 0. The fraction of sp³-hybridized carbons (Fsp3) is 0.733. The van der Waals surface area contributed by atoms with Crippen LogP contribution in [0.15, 0.2) is 6.07 Å². The van der Waals surface area contributed by atoms with Crippen molar-refractivity contribution in [3.05, 3.63) is 17.5 Å². The van der Waals surface area contributed by atoms with Crippen LogP contribution < -0.4 is 0 Å². The van der Waals surface area contributed by atoms with Gasteiger partial charge < -0.3 is 9.64 Å². The SMILES string of the molecule is CCOC(=O)N1CCCn2nc(CN3CCS(=O)(=O)CC3)cc2C1. The third kappa shape index (κ3) is 4.07. The van der Waals surface area contributed by atoms with Crippen molar-refractivity contribution in [3.63, 3.8) is 0 Å². The summed E-state index contributed by atoms with van der Waals surface area (Å²) in [6.07, 6.45) is 0.560. The topological polar surface area (TPSA) is 84.7 Å². The molecule has 1 fully saturated rings. The Labute approximate surface area is 142 Å². The van der Waals surface area contributed by atoms with Gasteiger partial charge in [0.05, 0.1) is 36.0 Å². The number of ether oxygens (including phenoxy) is 1. The molecule has 0 unspecified atom stereocenters. The van der Waals surface area contributed by atoms with E-state index in [1.807, 2.05) is 10.7 Å². The van der Waals surface area contributed by atoms with Gasteiger partial charge in [0.25, 0.3) is 0 Å². The molecule has 0 saturated carbocycles. The van der Waals surface area contributed by atoms with E-state index in [-0.39, 0.29) is 17.6 Å². The Morgan fingerprint density at radius 2 is 2.00 bits per heavy atom. The van der Waals surface area contributed by atoms with Gasteiger partial charge in [-0.1, -0.05) is 0 Å². The third-order valence-electron chi connectivity index (χ3n) is 4.41. The molecule has 134 valence electrons. The molecule has 3 rings (SSSR count). The molecule has 0 spiro atoms. The van der Waals surface area contributed by atoms with Crippen LogP contribution in [0.2, 0.25) is 0 Å². The summed E-state index contributed by atoms with van der Waals surface area (Å²) in [7, 11) is -2.86. The molecule has 1 amide bonds. The summed E-state index contributed by atoms with van der Waals surface area (Å²) in [4.78, 5) is 15.8. The Hall–Kier alpha value is -1.61. The van der Waals surface area contributed by atoms with E-state index in [0.29, 0.717) is 39.3 Å². The van der Waals surface area contributed by atoms with Crippen LogP contribution in [0.3, 0.4) is 0 Å². The van der Waals surface area contributed by atoms with Gasteiger partial charge in [0.2, 0.25) is 0 Å². The number of sulfone groups is 1. The maximum Gasteiger partial charge on any atom is 0.410 e. The van der Waals surface area contributed by atoms with Gasteiger partial charge in [0.1, 0.15) is 0 Å². The number of nitrogens with zero attached hydrogens (tertiary/aromatic N) is 4. The minimum Gasteiger partial charge on any atom is -0.450 e. The number of rotatable bonds is 3. The fourth-order valence-corrected chi connectivity index (χ4v) is 4.38. The van der Waals surface area contributed by atoms with E-state index in [0.717, 1.165) is 24.4 Å². The minimum absolute atomic E-state index is 0.219. The zero-order valence-corrected chi connectivity index (χ0v) is 14.8. The first-order chi connectivity index (χ1) is 11.5. The molecule has 0 aliphatic carbocycles. The highest BCUT2D eigenvalue weighted by molar-refractivity contribution is 7.91. The van der Waals surface area contributed by atoms with Gasteiger partial charge >= 0.3 is 6.09 Å². The number of fused-ring (bicyclic) bond motifs is 1. The van der Waals surface area contributed by atoms with Crippen LogP contribution in [0.4, 0.5) is 4.79 Å². The molecule has 1 saturated heterocycles. The number of hydrogen-bond acceptors (Lipinski definition) is 6. The van der Waals surface area contributed by atoms with Crippen molar-refractivity contribution in [3.8, 4) is 0 Å². The van der Waals surface area contributed by atoms with Crippen molar-refractivity contribution in [2.24, 2.45) is 0 Å². The molecule has 3 heterocycles. The molecule has 1 aromatic rings. The molecule has 0 aromatic carbocycles. The molecule has 0 radical (unpaired) electrons. The Morgan fingerprint density at radius 1 is 1.25 bits per heavy atom. The van der Waals surface area contributed by atoms with E-state index in [2.05, 4.69) is 10.00 Å². The molecule has 9 heteroatoms. The van der Waals surface area contributed by atoms with E-state index >= 15 is 0 Å². The summed E-state index contributed by atoms with van der Waals surface area (Å²) in [6, 6.07) is 2.01. The standard InChI is InChI=1S/C15H24N4O4S/c1-2-23-15(20)18-4-3-5-19-14(12-18)10-13(16-19)11-17-6-8-24(21,22)9-7-17/h10H,2-9,11-12H2,1H3. The molecule has 0 atom stereocenters. The van der Waals surface area contributed by atoms with E-state index in [4.69, 9.17) is 4.74 Å². The largest absolute Gasteiger partial charge is 0.450 e. The molecular weight excluding hydrogens is 332 g/mol. The van der Waals surface area contributed by atoms with Crippen LogP contribution in [-0.2, 0) is 34.2 Å². The Balaban J connectivity index is 1.65. The van der Waals surface area contributed by atoms with Gasteiger partial charge in [-0.2, -0.15) is 5.10 Å². The summed E-state index contributed by atoms with van der Waals surface area (Å²) in [5.74, 6) is 0.439. The third-order valence-corrected chi connectivity index (χ3v) is 6.02. The summed E-state index contributed by atoms with van der Waals surface area (Å²) >= 11 is 0. The average Bonchev–Trinajstić information content (AvgIpc) is 2.79. The molecule has 0 bridgehead atoms. The lowest BCUT2D eigenvalue weighted by atomic mass is 10.3. The van der Waals surface area contributed by atoms with Gasteiger partial charge in [-0.05, 0) is 19.4 Å². The zero-order valence-electron chi connectivity index (χ0n) is 14.0. The quantitative estimate of drug-likeness (QED) is 0.783. The second kappa shape index (κ2) is 7.10. The van der Waals surface area contributed by atoms with Gasteiger partial charge in [0.15, 0.2) is 9.84 Å². The van der Waals surface area contributed by atoms with Crippen molar-refractivity contribution in [2.45, 2.75) is 33.0 Å². The molecule has 1 aromatic heterocycles. The van der Waals surface area contributed by atoms with Gasteiger partial charge in [-0.15, -0.1) is 0 Å². The van der Waals surface area contributed by atoms with E-state index in [9.17, 15) is 13.2 Å². The summed E-state index contributed by atoms with van der Waals surface area (Å²) in [5, 5.41) is 4.63. The zero-order chi connectivity index (χ0) is 17.2. The number of amides is 1. The Morgan fingerprint density at radius 3 is 2.71 bits per heavy atom. The van der Waals surface area contributed by atoms with Crippen LogP contribution in [0, 0.1) is 0 Å². The first-order valence-electron chi connectivity index (χ1n) is 8.37. The van der Waals surface area contributed by atoms with Gasteiger partial charge in [-0.3, -0.25) is 9.58 Å². The summed E-state index contributed by atoms with van der Waals surface area (Å²) in [5.41, 5.74) is 1.93. The van der Waals surface area contributed by atoms with Gasteiger partial charge in [0, 0.05) is 32.7 Å². The minimum atomic E-state index is -2.86. The van der Waals surface area contributed by atoms with E-state index < -0.39 is 9.84 Å². The number of carbonyl (C=O) groups is 1. The smallest absolute Gasteiger partial charge is 0.410 e. The summed E-state index contributed by atoms with van der Waals surface area (Å²) < 4.78 is 30.1. The Kier molecular flexibility index (Phi) is 5.09. The maximum atomic E-state index is 12.0. The lowest BCUT2D eigenvalue weighted by Gasteiger charge is -2.25. The van der Waals surface area contributed by atoms with Crippen molar-refractivity contribution >= 4 is 15.9 Å². The van der Waals surface area contributed by atoms with Crippen LogP contribution >= 0.6 is 0 Å². The predicted molar refractivity (Wildman–Crippen MR) is 88.2 cm³/mol. The Bertz CT molecular complexity index is 686. The number of carbonyl (C=O) groups excluding carboxylic acids is 1. The van der Waals surface area contributed by atoms with Crippen molar-refractivity contribution in [2.75, 3.05) is 37.7 Å². The normalized spacial score (nSPS) is 21.1. The maximum absolute atomic E-state index is 12.0. The second-order valence-electron chi connectivity index (χ2n) is 6.25. The molecule has 2 aliphatic rings. The fourth-order valence-electron chi connectivity index (χ4n) is 3.11. The average molecular weight is 356 g/mol. The van der Waals surface area contributed by atoms with Crippen LogP contribution in [0.5, 0.6) is 0 Å². The highest BCUT2D eigenvalue weighted by atomic mass is 32.2. The second-order valence-corrected chi connectivity index (χ2v) is 8.56. The summed E-state index contributed by atoms with van der Waals surface area (Å²) in [6.45, 7) is 5.88. The van der Waals surface area contributed by atoms with Crippen LogP contribution in [-0.4, -0.2) is 71.8 Å². The number of aromatic nitrogens is 2. The first kappa shape index (κ1) is 17.2. The van der Waals surface area contributed by atoms with E-state index in [1.165, 1.54) is 0 Å². The lowest BCUT2D eigenvalue weighted by molar-refractivity contribution is 0.105. The first-order valence-corrected chi connectivity index (χ1v) is 10.2. The predicted octanol–water partition coefficient (Wildman–Crippen LogP) is 0.476. The van der Waals surface area contributed by atoms with Crippen molar-refractivity contribution in [1.29, 1.82) is 0 Å². The molecule has 8 nitrogen and oxygen atoms in total. The highest BCUT2D eigenvalue weighted by Gasteiger charge is 2.24. The van der Waals surface area contributed by atoms with Crippen LogP contribution in [0.25, 0.3) is 0 Å². The van der Waals surface area contributed by atoms with Crippen molar-refractivity contribution < 1.29 is 17.9 Å². The van der Waals surface area contributed by atoms with E-state index in [1.54, 1.807) is 11.8 Å². The highest BCUT2D eigenvalue weighted by Crippen LogP contribution is 2.16. The lowest BCUT2D eigenvalue weighted by Crippen LogP contribution is -2.39. The molecule has 24 heavy (non-hydrogen) atoms.